The van der Waals surface area contributed by atoms with Crippen molar-refractivity contribution in [1.82, 2.24) is 4.90 Å². The lowest BCUT2D eigenvalue weighted by molar-refractivity contribution is 0.0707. The lowest BCUT2D eigenvalue weighted by Crippen LogP contribution is -2.41. The summed E-state index contributed by atoms with van der Waals surface area (Å²) < 4.78 is 0.744. The molecule has 1 aliphatic heterocycles. The molecule has 1 fully saturated rings. The van der Waals surface area contributed by atoms with E-state index in [4.69, 9.17) is 18.0 Å². The summed E-state index contributed by atoms with van der Waals surface area (Å²) in [5, 5.41) is 9.81. The summed E-state index contributed by atoms with van der Waals surface area (Å²) in [6, 6.07) is 4.89. The number of aromatic hydroxyl groups is 1. The number of carbonyl (C=O) groups excluding carboxylic acids is 1. The van der Waals surface area contributed by atoms with Crippen molar-refractivity contribution in [3.05, 3.63) is 28.2 Å². The molecule has 0 spiro atoms. The van der Waals surface area contributed by atoms with Gasteiger partial charge in [-0.3, -0.25) is 4.79 Å². The van der Waals surface area contributed by atoms with E-state index in [-0.39, 0.29) is 17.6 Å². The number of likely N-dealkylation sites (tertiary alicyclic amines) is 1. The topological polar surface area (TPSA) is 66.6 Å². The minimum absolute atomic E-state index is 0.00385. The van der Waals surface area contributed by atoms with Crippen molar-refractivity contribution in [2.75, 3.05) is 13.1 Å². The van der Waals surface area contributed by atoms with Gasteiger partial charge in [0.05, 0.1) is 10.6 Å². The highest BCUT2D eigenvalue weighted by atomic mass is 79.9. The summed E-state index contributed by atoms with van der Waals surface area (Å²) in [5.74, 6) is 0.0693. The first-order chi connectivity index (χ1) is 8.99. The Hall–Kier alpha value is -1.14. The average Bonchev–Trinajstić information content (AvgIpc) is 2.38. The number of nitrogens with zero attached hydrogens (tertiary/aromatic N) is 1. The lowest BCUT2D eigenvalue weighted by atomic mass is 9.96. The largest absolute Gasteiger partial charge is 0.507 e. The molecule has 1 aromatic rings. The second kappa shape index (κ2) is 5.88. The van der Waals surface area contributed by atoms with E-state index in [1.54, 1.807) is 17.0 Å². The molecule has 0 aromatic heterocycles. The third-order valence-electron chi connectivity index (χ3n) is 3.37. The summed E-state index contributed by atoms with van der Waals surface area (Å²) in [6.07, 6.45) is 1.58. The van der Waals surface area contributed by atoms with Crippen molar-refractivity contribution in [2.24, 2.45) is 11.7 Å². The van der Waals surface area contributed by atoms with Crippen molar-refractivity contribution in [2.45, 2.75) is 12.8 Å². The van der Waals surface area contributed by atoms with Gasteiger partial charge in [0, 0.05) is 23.5 Å². The summed E-state index contributed by atoms with van der Waals surface area (Å²) in [4.78, 5) is 14.6. The molecule has 2 rings (SSSR count). The summed E-state index contributed by atoms with van der Waals surface area (Å²) in [6.45, 7) is 1.24. The van der Waals surface area contributed by atoms with Crippen LogP contribution in [0.1, 0.15) is 23.2 Å². The second-order valence-corrected chi connectivity index (χ2v) is 6.02. The van der Waals surface area contributed by atoms with Crippen LogP contribution in [0.5, 0.6) is 5.75 Å². The van der Waals surface area contributed by atoms with Gasteiger partial charge in [-0.1, -0.05) is 28.1 Å². The van der Waals surface area contributed by atoms with Crippen molar-refractivity contribution in [1.29, 1.82) is 0 Å². The highest BCUT2D eigenvalue weighted by Crippen LogP contribution is 2.25. The zero-order valence-electron chi connectivity index (χ0n) is 10.3. The number of halogens is 1. The highest BCUT2D eigenvalue weighted by Gasteiger charge is 2.26. The number of thiocarbonyl (C=S) groups is 1. The van der Waals surface area contributed by atoms with Crippen LogP contribution in [0.4, 0.5) is 0 Å². The molecule has 4 nitrogen and oxygen atoms in total. The van der Waals surface area contributed by atoms with E-state index in [1.807, 2.05) is 0 Å². The minimum Gasteiger partial charge on any atom is -0.507 e. The molecule has 0 unspecified atom stereocenters. The molecule has 1 saturated heterocycles. The Kier molecular flexibility index (Phi) is 4.42. The van der Waals surface area contributed by atoms with E-state index in [0.717, 1.165) is 17.3 Å². The Morgan fingerprint density at radius 2 is 2.05 bits per heavy atom. The van der Waals surface area contributed by atoms with E-state index in [0.29, 0.717) is 23.6 Å². The van der Waals surface area contributed by atoms with E-state index in [2.05, 4.69) is 15.9 Å². The van der Waals surface area contributed by atoms with Gasteiger partial charge < -0.3 is 15.7 Å². The summed E-state index contributed by atoms with van der Waals surface area (Å²) >= 11 is 8.23. The first kappa shape index (κ1) is 14.3. The van der Waals surface area contributed by atoms with Crippen molar-refractivity contribution < 1.29 is 9.90 Å². The van der Waals surface area contributed by atoms with Crippen LogP contribution in [0.2, 0.25) is 0 Å². The van der Waals surface area contributed by atoms with E-state index >= 15 is 0 Å². The number of benzene rings is 1. The van der Waals surface area contributed by atoms with Gasteiger partial charge in [-0.05, 0) is 31.0 Å². The molecule has 6 heteroatoms. The molecule has 1 heterocycles. The Morgan fingerprint density at radius 1 is 1.42 bits per heavy atom. The molecule has 0 saturated carbocycles. The standard InChI is InChI=1S/C13H15BrN2O2S/c14-9-1-2-10(11(17)7-9)13(18)16-5-3-8(4-6-16)12(15)19/h1-2,7-8,17H,3-6H2,(H2,15,19). The smallest absolute Gasteiger partial charge is 0.257 e. The molecule has 1 aliphatic rings. The van der Waals surface area contributed by atoms with Crippen molar-refractivity contribution in [3.8, 4) is 5.75 Å². The zero-order valence-corrected chi connectivity index (χ0v) is 12.7. The predicted octanol–water partition coefficient (Wildman–Crippen LogP) is 2.29. The van der Waals surface area contributed by atoms with E-state index < -0.39 is 0 Å². The predicted molar refractivity (Wildman–Crippen MR) is 81.2 cm³/mol. The van der Waals surface area contributed by atoms with Crippen LogP contribution in [0.25, 0.3) is 0 Å². The van der Waals surface area contributed by atoms with Crippen LogP contribution in [-0.2, 0) is 0 Å². The maximum absolute atomic E-state index is 12.3. The molecule has 3 N–H and O–H groups in total. The third-order valence-corrected chi connectivity index (χ3v) is 4.20. The quantitative estimate of drug-likeness (QED) is 0.809. The molecule has 0 aliphatic carbocycles. The fourth-order valence-corrected chi connectivity index (χ4v) is 2.81. The van der Waals surface area contributed by atoms with Crippen LogP contribution in [0.15, 0.2) is 22.7 Å². The molecule has 1 amide bonds. The van der Waals surface area contributed by atoms with Crippen LogP contribution in [0.3, 0.4) is 0 Å². The maximum Gasteiger partial charge on any atom is 0.257 e. The number of nitrogens with two attached hydrogens (primary N) is 1. The fourth-order valence-electron chi connectivity index (χ4n) is 2.22. The van der Waals surface area contributed by atoms with E-state index in [9.17, 15) is 9.90 Å². The third kappa shape index (κ3) is 3.25. The lowest BCUT2D eigenvalue weighted by Gasteiger charge is -2.31. The Balaban J connectivity index is 2.07. The number of phenols is 1. The maximum atomic E-state index is 12.3. The fraction of sp³-hybridized carbons (Fsp3) is 0.385. The molecular weight excluding hydrogens is 328 g/mol. The Morgan fingerprint density at radius 3 is 2.58 bits per heavy atom. The first-order valence-electron chi connectivity index (χ1n) is 6.06. The van der Waals surface area contributed by atoms with Gasteiger partial charge in [-0.15, -0.1) is 0 Å². The van der Waals surface area contributed by atoms with Crippen molar-refractivity contribution >= 4 is 39.0 Å². The van der Waals surface area contributed by atoms with Crippen LogP contribution >= 0.6 is 28.1 Å². The van der Waals surface area contributed by atoms with Gasteiger partial charge in [-0.25, -0.2) is 0 Å². The molecule has 0 atom stereocenters. The zero-order chi connectivity index (χ0) is 14.0. The summed E-state index contributed by atoms with van der Waals surface area (Å²) in [5.41, 5.74) is 5.95. The Labute approximate surface area is 125 Å². The van der Waals surface area contributed by atoms with Gasteiger partial charge >= 0.3 is 0 Å². The molecule has 102 valence electrons. The minimum atomic E-state index is -0.147. The van der Waals surface area contributed by atoms with Crippen LogP contribution < -0.4 is 5.73 Å². The second-order valence-electron chi connectivity index (χ2n) is 4.63. The number of piperidine rings is 1. The molecule has 1 aromatic carbocycles. The van der Waals surface area contributed by atoms with Gasteiger partial charge in [0.15, 0.2) is 0 Å². The van der Waals surface area contributed by atoms with Crippen LogP contribution in [-0.4, -0.2) is 34.0 Å². The van der Waals surface area contributed by atoms with Crippen LogP contribution in [0, 0.1) is 5.92 Å². The summed E-state index contributed by atoms with van der Waals surface area (Å²) in [7, 11) is 0. The highest BCUT2D eigenvalue weighted by molar-refractivity contribution is 9.10. The van der Waals surface area contributed by atoms with Crippen molar-refractivity contribution in [3.63, 3.8) is 0 Å². The van der Waals surface area contributed by atoms with Gasteiger partial charge in [-0.2, -0.15) is 0 Å². The van der Waals surface area contributed by atoms with Gasteiger partial charge in [0.2, 0.25) is 0 Å². The molecular formula is C13H15BrN2O2S. The average molecular weight is 343 g/mol. The molecule has 0 radical (unpaired) electrons. The normalized spacial score (nSPS) is 16.4. The monoisotopic (exact) mass is 342 g/mol. The number of carbonyl (C=O) groups is 1. The van der Waals surface area contributed by atoms with Gasteiger partial charge in [0.25, 0.3) is 5.91 Å². The number of hydrogen-bond donors (Lipinski definition) is 2. The number of rotatable bonds is 2. The number of phenolic OH excluding ortho intramolecular Hbond substituents is 1. The molecule has 0 bridgehead atoms. The number of amides is 1. The van der Waals surface area contributed by atoms with Gasteiger partial charge in [0.1, 0.15) is 5.75 Å². The van der Waals surface area contributed by atoms with E-state index in [1.165, 1.54) is 6.07 Å². The molecule has 19 heavy (non-hydrogen) atoms. The number of hydrogen-bond acceptors (Lipinski definition) is 3. The SMILES string of the molecule is NC(=S)C1CCN(C(=O)c2ccc(Br)cc2O)CC1. The first-order valence-corrected chi connectivity index (χ1v) is 7.26. The Bertz CT molecular complexity index is 513.